The highest BCUT2D eigenvalue weighted by Crippen LogP contribution is 2.17. The number of carbonyl (C=O) groups is 2. The second-order valence-corrected chi connectivity index (χ2v) is 4.58. The van der Waals surface area contributed by atoms with E-state index in [-0.39, 0.29) is 13.2 Å². The van der Waals surface area contributed by atoms with Crippen molar-refractivity contribution >= 4 is 11.9 Å². The van der Waals surface area contributed by atoms with Crippen LogP contribution in [0.25, 0.3) is 0 Å². The van der Waals surface area contributed by atoms with Crippen molar-refractivity contribution in [1.82, 2.24) is 0 Å². The number of carbonyl (C=O) groups excluding carboxylic acids is 2. The molecule has 0 aromatic heterocycles. The van der Waals surface area contributed by atoms with Crippen LogP contribution in [0.5, 0.6) is 0 Å². The molecule has 0 aliphatic heterocycles. The van der Waals surface area contributed by atoms with Gasteiger partial charge in [-0.3, -0.25) is 9.59 Å². The van der Waals surface area contributed by atoms with E-state index in [1.165, 1.54) is 42.3 Å². The van der Waals surface area contributed by atoms with Crippen molar-refractivity contribution in [1.29, 1.82) is 0 Å². The van der Waals surface area contributed by atoms with Crippen LogP contribution in [-0.4, -0.2) is 78.0 Å². The van der Waals surface area contributed by atoms with Gasteiger partial charge in [-0.2, -0.15) is 0 Å². The summed E-state index contributed by atoms with van der Waals surface area (Å²) < 4.78 is 31.3. The highest BCUT2D eigenvalue weighted by molar-refractivity contribution is 5.66. The first-order valence-electron chi connectivity index (χ1n) is 6.79. The van der Waals surface area contributed by atoms with E-state index in [0.29, 0.717) is 0 Å². The lowest BCUT2D eigenvalue weighted by atomic mass is 10.0. The molecular weight excluding hydrogens is 296 g/mol. The number of ether oxygens (including phenoxy) is 6. The van der Waals surface area contributed by atoms with E-state index in [2.05, 4.69) is 0 Å². The molecule has 0 aromatic rings. The molecule has 22 heavy (non-hydrogen) atoms. The summed E-state index contributed by atoms with van der Waals surface area (Å²) in [5.74, 6) is -0.896. The summed E-state index contributed by atoms with van der Waals surface area (Å²) in [6.45, 7) is 2.71. The summed E-state index contributed by atoms with van der Waals surface area (Å²) in [5, 5.41) is 0. The lowest BCUT2D eigenvalue weighted by Crippen LogP contribution is -2.51. The van der Waals surface area contributed by atoms with Gasteiger partial charge in [0.1, 0.15) is 24.9 Å². The number of esters is 2. The van der Waals surface area contributed by atoms with Gasteiger partial charge in [-0.25, -0.2) is 0 Å². The fourth-order valence-corrected chi connectivity index (χ4v) is 2.06. The maximum absolute atomic E-state index is 11.2. The van der Waals surface area contributed by atoms with Crippen LogP contribution < -0.4 is 0 Å². The molecule has 4 atom stereocenters. The lowest BCUT2D eigenvalue weighted by molar-refractivity contribution is -0.185. The maximum Gasteiger partial charge on any atom is 0.303 e. The Bertz CT molecular complexity index is 333. The van der Waals surface area contributed by atoms with E-state index >= 15 is 0 Å². The molecule has 0 saturated carbocycles. The molecule has 0 fully saturated rings. The number of hydrogen-bond acceptors (Lipinski definition) is 8. The average molecular weight is 322 g/mol. The first-order chi connectivity index (χ1) is 10.4. The second kappa shape index (κ2) is 11.4. The SMILES string of the molecule is COC[C@H](OC(C)=O)[C@H](OC)[C@@H](OC)[C@@H](COC(C)=O)OC. The van der Waals surface area contributed by atoms with E-state index in [9.17, 15) is 9.59 Å². The zero-order chi connectivity index (χ0) is 17.1. The summed E-state index contributed by atoms with van der Waals surface area (Å²) in [6.07, 6.45) is -2.57. The van der Waals surface area contributed by atoms with Gasteiger partial charge >= 0.3 is 11.9 Å². The zero-order valence-corrected chi connectivity index (χ0v) is 14.0. The number of rotatable bonds is 11. The third-order valence-electron chi connectivity index (χ3n) is 3.00. The summed E-state index contributed by atoms with van der Waals surface area (Å²) in [6, 6.07) is 0. The molecule has 0 bridgehead atoms. The van der Waals surface area contributed by atoms with E-state index in [4.69, 9.17) is 28.4 Å². The first-order valence-corrected chi connectivity index (χ1v) is 6.79. The standard InChI is InChI=1S/C14H26O8/c1-9(15)21-8-11(18-4)13(19-5)14(20-6)12(7-17-3)22-10(2)16/h11-14H,7-8H2,1-6H3/t11-,12+,13+,14+/m1/s1. The molecule has 8 nitrogen and oxygen atoms in total. The van der Waals surface area contributed by atoms with Crippen LogP contribution in [0.15, 0.2) is 0 Å². The van der Waals surface area contributed by atoms with Crippen molar-refractivity contribution in [2.45, 2.75) is 38.3 Å². The van der Waals surface area contributed by atoms with Crippen LogP contribution in [0.3, 0.4) is 0 Å². The van der Waals surface area contributed by atoms with Gasteiger partial charge in [0.2, 0.25) is 0 Å². The molecule has 0 saturated heterocycles. The summed E-state index contributed by atoms with van der Waals surface area (Å²) in [7, 11) is 5.87. The summed E-state index contributed by atoms with van der Waals surface area (Å²) in [4.78, 5) is 22.2. The molecule has 0 unspecified atom stereocenters. The Balaban J connectivity index is 5.12. The third-order valence-corrected chi connectivity index (χ3v) is 3.00. The minimum Gasteiger partial charge on any atom is -0.463 e. The van der Waals surface area contributed by atoms with Crippen LogP contribution in [0.4, 0.5) is 0 Å². The van der Waals surface area contributed by atoms with Gasteiger partial charge in [-0.05, 0) is 0 Å². The molecule has 0 amide bonds. The van der Waals surface area contributed by atoms with E-state index in [1.54, 1.807) is 0 Å². The highest BCUT2D eigenvalue weighted by atomic mass is 16.6. The molecule has 8 heteroatoms. The van der Waals surface area contributed by atoms with Crippen LogP contribution in [-0.2, 0) is 38.0 Å². The van der Waals surface area contributed by atoms with Crippen LogP contribution in [0.2, 0.25) is 0 Å². The van der Waals surface area contributed by atoms with E-state index in [1.807, 2.05) is 0 Å². The molecule has 0 aromatic carbocycles. The van der Waals surface area contributed by atoms with Crippen molar-refractivity contribution < 1.29 is 38.0 Å². The predicted molar refractivity (Wildman–Crippen MR) is 76.5 cm³/mol. The van der Waals surface area contributed by atoms with Gasteiger partial charge in [0.15, 0.2) is 6.10 Å². The van der Waals surface area contributed by atoms with Crippen molar-refractivity contribution in [2.24, 2.45) is 0 Å². The monoisotopic (exact) mass is 322 g/mol. The fraction of sp³-hybridized carbons (Fsp3) is 0.857. The van der Waals surface area contributed by atoms with Crippen molar-refractivity contribution in [3.05, 3.63) is 0 Å². The Hall–Kier alpha value is -1.22. The average Bonchev–Trinajstić information content (AvgIpc) is 2.45. The Labute approximate surface area is 130 Å². The molecule has 0 aliphatic carbocycles. The highest BCUT2D eigenvalue weighted by Gasteiger charge is 2.38. The van der Waals surface area contributed by atoms with Crippen molar-refractivity contribution in [3.8, 4) is 0 Å². The van der Waals surface area contributed by atoms with Crippen molar-refractivity contribution in [3.63, 3.8) is 0 Å². The number of hydrogen-bond donors (Lipinski definition) is 0. The van der Waals surface area contributed by atoms with Gasteiger partial charge in [0, 0.05) is 42.3 Å². The predicted octanol–water partition coefficient (Wildman–Crippen LogP) is 0.173. The first kappa shape index (κ1) is 20.8. The summed E-state index contributed by atoms with van der Waals surface area (Å²) >= 11 is 0. The van der Waals surface area contributed by atoms with Crippen molar-refractivity contribution in [2.75, 3.05) is 41.7 Å². The van der Waals surface area contributed by atoms with Gasteiger partial charge in [0.25, 0.3) is 0 Å². The fourth-order valence-electron chi connectivity index (χ4n) is 2.06. The molecular formula is C14H26O8. The molecule has 0 aliphatic rings. The van der Waals surface area contributed by atoms with Gasteiger partial charge < -0.3 is 28.4 Å². The lowest BCUT2D eigenvalue weighted by Gasteiger charge is -2.34. The minimum atomic E-state index is -0.688. The molecule has 0 N–H and O–H groups in total. The summed E-state index contributed by atoms with van der Waals surface area (Å²) in [5.41, 5.74) is 0. The number of methoxy groups -OCH3 is 4. The molecule has 0 heterocycles. The molecule has 0 radical (unpaired) electrons. The molecule has 130 valence electrons. The normalized spacial score (nSPS) is 16.5. The van der Waals surface area contributed by atoms with Crippen LogP contribution in [0, 0.1) is 0 Å². The quantitative estimate of drug-likeness (QED) is 0.497. The second-order valence-electron chi connectivity index (χ2n) is 4.58. The molecule has 0 spiro atoms. The minimum absolute atomic E-state index is 0.00995. The Morgan fingerprint density at radius 2 is 1.32 bits per heavy atom. The Kier molecular flexibility index (Phi) is 10.7. The van der Waals surface area contributed by atoms with Gasteiger partial charge in [0.05, 0.1) is 6.61 Å². The Morgan fingerprint density at radius 3 is 1.68 bits per heavy atom. The zero-order valence-electron chi connectivity index (χ0n) is 14.0. The third kappa shape index (κ3) is 7.17. The van der Waals surface area contributed by atoms with Crippen LogP contribution >= 0.6 is 0 Å². The van der Waals surface area contributed by atoms with E-state index < -0.39 is 36.4 Å². The smallest absolute Gasteiger partial charge is 0.303 e. The van der Waals surface area contributed by atoms with E-state index in [0.717, 1.165) is 0 Å². The van der Waals surface area contributed by atoms with Gasteiger partial charge in [-0.1, -0.05) is 0 Å². The maximum atomic E-state index is 11.2. The molecule has 0 rings (SSSR count). The van der Waals surface area contributed by atoms with Gasteiger partial charge in [-0.15, -0.1) is 0 Å². The largest absolute Gasteiger partial charge is 0.463 e. The topological polar surface area (TPSA) is 89.5 Å². The van der Waals surface area contributed by atoms with Crippen LogP contribution in [0.1, 0.15) is 13.8 Å². The Morgan fingerprint density at radius 1 is 0.773 bits per heavy atom.